The molecule has 0 saturated heterocycles. The predicted octanol–water partition coefficient (Wildman–Crippen LogP) is 3.69. The molecular formula is C16H14BrN3O. The first-order valence-electron chi connectivity index (χ1n) is 6.63. The van der Waals surface area contributed by atoms with Crippen LogP contribution < -0.4 is 10.5 Å². The van der Waals surface area contributed by atoms with Crippen LogP contribution in [-0.2, 0) is 6.42 Å². The first kappa shape index (κ1) is 14.0. The Balaban J connectivity index is 1.90. The molecule has 106 valence electrons. The largest absolute Gasteiger partial charge is 0.455 e. The van der Waals surface area contributed by atoms with Crippen LogP contribution in [-0.4, -0.2) is 16.5 Å². The number of rotatable bonds is 4. The second-order valence-corrected chi connectivity index (χ2v) is 5.53. The van der Waals surface area contributed by atoms with Gasteiger partial charge in [-0.2, -0.15) is 0 Å². The van der Waals surface area contributed by atoms with Crippen LogP contribution in [0.2, 0.25) is 0 Å². The second kappa shape index (κ2) is 6.20. The lowest BCUT2D eigenvalue weighted by Crippen LogP contribution is -2.02. The van der Waals surface area contributed by atoms with Gasteiger partial charge in [-0.1, -0.05) is 12.1 Å². The second-order valence-electron chi connectivity index (χ2n) is 4.62. The van der Waals surface area contributed by atoms with Gasteiger partial charge in [-0.05, 0) is 52.7 Å². The average Bonchev–Trinajstić information content (AvgIpc) is 2.49. The monoisotopic (exact) mass is 343 g/mol. The van der Waals surface area contributed by atoms with Crippen molar-refractivity contribution in [2.45, 2.75) is 6.42 Å². The molecule has 1 aromatic carbocycles. The molecule has 0 atom stereocenters. The highest BCUT2D eigenvalue weighted by atomic mass is 79.9. The van der Waals surface area contributed by atoms with Crippen LogP contribution in [0.1, 0.15) is 5.56 Å². The number of hydrogen-bond acceptors (Lipinski definition) is 4. The van der Waals surface area contributed by atoms with E-state index in [1.807, 2.05) is 36.4 Å². The molecule has 4 nitrogen and oxygen atoms in total. The lowest BCUT2D eigenvalue weighted by molar-refractivity contribution is 0.486. The Kier molecular flexibility index (Phi) is 4.13. The molecule has 21 heavy (non-hydrogen) atoms. The van der Waals surface area contributed by atoms with E-state index in [9.17, 15) is 0 Å². The summed E-state index contributed by atoms with van der Waals surface area (Å²) in [5.74, 6) is 1.46. The summed E-state index contributed by atoms with van der Waals surface area (Å²) < 4.78 is 6.81. The first-order valence-corrected chi connectivity index (χ1v) is 7.43. The molecule has 0 unspecified atom stereocenters. The minimum atomic E-state index is 0.647. The van der Waals surface area contributed by atoms with E-state index >= 15 is 0 Å². The topological polar surface area (TPSA) is 61.0 Å². The van der Waals surface area contributed by atoms with Crippen molar-refractivity contribution in [1.29, 1.82) is 0 Å². The maximum absolute atomic E-state index is 5.92. The summed E-state index contributed by atoms with van der Waals surface area (Å²) in [6.45, 7) is 0.647. The summed E-state index contributed by atoms with van der Waals surface area (Å²) >= 11 is 3.39. The van der Waals surface area contributed by atoms with Gasteiger partial charge < -0.3 is 10.5 Å². The normalized spacial score (nSPS) is 10.8. The van der Waals surface area contributed by atoms with Crippen LogP contribution >= 0.6 is 15.9 Å². The number of halogens is 1. The fourth-order valence-electron chi connectivity index (χ4n) is 2.08. The summed E-state index contributed by atoms with van der Waals surface area (Å²) in [7, 11) is 0. The lowest BCUT2D eigenvalue weighted by Gasteiger charge is -2.08. The number of aromatic nitrogens is 2. The molecule has 0 radical (unpaired) electrons. The summed E-state index contributed by atoms with van der Waals surface area (Å²) in [6, 6.07) is 11.7. The van der Waals surface area contributed by atoms with E-state index in [0.29, 0.717) is 12.3 Å². The van der Waals surface area contributed by atoms with E-state index in [-0.39, 0.29) is 0 Å². The maximum Gasteiger partial charge on any atom is 0.156 e. The number of pyridine rings is 2. The zero-order valence-electron chi connectivity index (χ0n) is 11.3. The maximum atomic E-state index is 5.92. The number of nitrogens with zero attached hydrogens (tertiary/aromatic N) is 2. The van der Waals surface area contributed by atoms with E-state index < -0.39 is 0 Å². The van der Waals surface area contributed by atoms with Crippen LogP contribution in [0.15, 0.2) is 53.3 Å². The van der Waals surface area contributed by atoms with Crippen molar-refractivity contribution < 1.29 is 4.74 Å². The van der Waals surface area contributed by atoms with Crippen molar-refractivity contribution >= 4 is 27.0 Å². The number of benzene rings is 1. The summed E-state index contributed by atoms with van der Waals surface area (Å²) in [4.78, 5) is 8.67. The quantitative estimate of drug-likeness (QED) is 0.784. The molecule has 2 aromatic heterocycles. The van der Waals surface area contributed by atoms with Gasteiger partial charge in [-0.3, -0.25) is 4.98 Å². The fourth-order valence-corrected chi connectivity index (χ4v) is 2.40. The molecule has 0 bridgehead atoms. The van der Waals surface area contributed by atoms with E-state index in [0.717, 1.165) is 27.7 Å². The van der Waals surface area contributed by atoms with Crippen LogP contribution in [0.3, 0.4) is 0 Å². The van der Waals surface area contributed by atoms with E-state index in [2.05, 4.69) is 25.9 Å². The Hall–Kier alpha value is -1.98. The molecule has 3 aromatic rings. The van der Waals surface area contributed by atoms with Crippen LogP contribution in [0.4, 0.5) is 0 Å². The molecule has 2 N–H and O–H groups in total. The van der Waals surface area contributed by atoms with Crippen LogP contribution in [0, 0.1) is 0 Å². The van der Waals surface area contributed by atoms with Crippen molar-refractivity contribution in [3.63, 3.8) is 0 Å². The summed E-state index contributed by atoms with van der Waals surface area (Å²) in [5.41, 5.74) is 8.28. The molecular weight excluding hydrogens is 330 g/mol. The highest BCUT2D eigenvalue weighted by molar-refractivity contribution is 9.10. The zero-order chi connectivity index (χ0) is 14.7. The Morgan fingerprint density at radius 1 is 1.10 bits per heavy atom. The Morgan fingerprint density at radius 2 is 1.90 bits per heavy atom. The van der Waals surface area contributed by atoms with E-state index in [4.69, 9.17) is 10.5 Å². The van der Waals surface area contributed by atoms with Crippen molar-refractivity contribution in [3.05, 3.63) is 58.8 Å². The molecule has 0 aliphatic carbocycles. The fraction of sp³-hybridized carbons (Fsp3) is 0.125. The number of ether oxygens (including phenoxy) is 1. The Labute approximate surface area is 131 Å². The molecule has 0 spiro atoms. The van der Waals surface area contributed by atoms with Crippen molar-refractivity contribution in [2.24, 2.45) is 5.73 Å². The van der Waals surface area contributed by atoms with Gasteiger partial charge in [0.15, 0.2) is 5.75 Å². The minimum Gasteiger partial charge on any atom is -0.455 e. The van der Waals surface area contributed by atoms with Gasteiger partial charge in [0.1, 0.15) is 11.3 Å². The van der Waals surface area contributed by atoms with E-state index in [1.165, 1.54) is 5.56 Å². The standard InChI is InChI=1S/C16H14BrN3O/c17-12-9-14-16(20-10-12)15(6-8-19-14)21-13-3-1-11(2-4-13)5-7-18/h1-4,6,8-10H,5,7,18H2. The van der Waals surface area contributed by atoms with Gasteiger partial charge >= 0.3 is 0 Å². The van der Waals surface area contributed by atoms with Crippen molar-refractivity contribution in [2.75, 3.05) is 6.54 Å². The van der Waals surface area contributed by atoms with Gasteiger partial charge in [-0.25, -0.2) is 4.98 Å². The van der Waals surface area contributed by atoms with Gasteiger partial charge in [0, 0.05) is 22.9 Å². The summed E-state index contributed by atoms with van der Waals surface area (Å²) in [6.07, 6.45) is 4.32. The van der Waals surface area contributed by atoms with E-state index in [1.54, 1.807) is 12.4 Å². The highest BCUT2D eigenvalue weighted by Gasteiger charge is 2.06. The summed E-state index contributed by atoms with van der Waals surface area (Å²) in [5, 5.41) is 0. The Bertz CT molecular complexity index is 759. The predicted molar refractivity (Wildman–Crippen MR) is 86.5 cm³/mol. The number of hydrogen-bond donors (Lipinski definition) is 1. The molecule has 0 aliphatic heterocycles. The number of fused-ring (bicyclic) bond motifs is 1. The average molecular weight is 344 g/mol. The first-order chi connectivity index (χ1) is 10.3. The molecule has 3 rings (SSSR count). The molecule has 0 amide bonds. The van der Waals surface area contributed by atoms with Gasteiger partial charge in [0.25, 0.3) is 0 Å². The molecule has 2 heterocycles. The van der Waals surface area contributed by atoms with Gasteiger partial charge in [0.2, 0.25) is 0 Å². The van der Waals surface area contributed by atoms with Gasteiger partial charge in [0.05, 0.1) is 5.52 Å². The third kappa shape index (κ3) is 3.20. The number of nitrogens with two attached hydrogens (primary N) is 1. The molecule has 0 aliphatic rings. The SMILES string of the molecule is NCCc1ccc(Oc2ccnc3cc(Br)cnc23)cc1. The smallest absolute Gasteiger partial charge is 0.156 e. The van der Waals surface area contributed by atoms with Crippen molar-refractivity contribution in [3.8, 4) is 11.5 Å². The minimum absolute atomic E-state index is 0.647. The van der Waals surface area contributed by atoms with Gasteiger partial charge in [-0.15, -0.1) is 0 Å². The van der Waals surface area contributed by atoms with Crippen LogP contribution in [0.5, 0.6) is 11.5 Å². The third-order valence-corrected chi connectivity index (χ3v) is 3.52. The lowest BCUT2D eigenvalue weighted by atomic mass is 10.1. The van der Waals surface area contributed by atoms with Crippen molar-refractivity contribution in [1.82, 2.24) is 9.97 Å². The zero-order valence-corrected chi connectivity index (χ0v) is 12.9. The molecule has 0 saturated carbocycles. The molecule has 5 heteroatoms. The third-order valence-electron chi connectivity index (χ3n) is 3.09. The highest BCUT2D eigenvalue weighted by Crippen LogP contribution is 2.28. The molecule has 0 fully saturated rings. The Morgan fingerprint density at radius 3 is 2.67 bits per heavy atom. The van der Waals surface area contributed by atoms with Crippen LogP contribution in [0.25, 0.3) is 11.0 Å².